The van der Waals surface area contributed by atoms with Crippen molar-refractivity contribution in [3.05, 3.63) is 78.1 Å². The number of aryl methyl sites for hydroxylation is 1. The monoisotopic (exact) mass is 385 g/mol. The molecule has 2 rings (SSSR count). The molecule has 27 heavy (non-hydrogen) atoms. The minimum absolute atomic E-state index is 0.00626. The van der Waals surface area contributed by atoms with Crippen molar-refractivity contribution in [2.75, 3.05) is 0 Å². The number of aromatic nitrogens is 2. The molecule has 1 aromatic carbocycles. The van der Waals surface area contributed by atoms with E-state index in [-0.39, 0.29) is 29.3 Å². The van der Waals surface area contributed by atoms with Gasteiger partial charge in [-0.25, -0.2) is 4.79 Å². The first-order chi connectivity index (χ1) is 12.7. The van der Waals surface area contributed by atoms with E-state index in [9.17, 15) is 19.6 Å². The minimum atomic E-state index is -0.707. The smallest absolute Gasteiger partial charge is 0.287 e. The molecule has 7 heteroatoms. The number of carbonyl (C=O) groups is 1. The third-order valence-electron chi connectivity index (χ3n) is 4.12. The first-order valence-electron chi connectivity index (χ1n) is 8.43. The lowest BCUT2D eigenvalue weighted by Gasteiger charge is -2.17. The van der Waals surface area contributed by atoms with Gasteiger partial charge in [0, 0.05) is 16.2 Å². The van der Waals surface area contributed by atoms with Gasteiger partial charge in [0.05, 0.1) is 18.2 Å². The van der Waals surface area contributed by atoms with E-state index >= 15 is 0 Å². The van der Waals surface area contributed by atoms with Gasteiger partial charge in [-0.3, -0.25) is 19.1 Å². The van der Waals surface area contributed by atoms with Crippen LogP contribution in [0.3, 0.4) is 0 Å². The van der Waals surface area contributed by atoms with Crippen LogP contribution >= 0.6 is 11.6 Å². The van der Waals surface area contributed by atoms with Crippen molar-refractivity contribution < 1.29 is 4.79 Å². The Morgan fingerprint density at radius 2 is 2.00 bits per heavy atom. The summed E-state index contributed by atoms with van der Waals surface area (Å²) in [6.07, 6.45) is 1.61. The molecule has 0 aliphatic rings. The van der Waals surface area contributed by atoms with Crippen molar-refractivity contribution in [3.8, 4) is 6.07 Å². The van der Waals surface area contributed by atoms with Crippen molar-refractivity contribution in [2.45, 2.75) is 40.2 Å². The molecule has 6 nitrogen and oxygen atoms in total. The molecule has 0 aliphatic carbocycles. The van der Waals surface area contributed by atoms with Gasteiger partial charge >= 0.3 is 5.69 Å². The lowest BCUT2D eigenvalue weighted by molar-refractivity contribution is 0.102. The van der Waals surface area contributed by atoms with Crippen molar-refractivity contribution >= 4 is 17.4 Å². The Kier molecular flexibility index (Phi) is 6.19. The van der Waals surface area contributed by atoms with Crippen molar-refractivity contribution in [1.82, 2.24) is 9.55 Å². The molecule has 140 valence electrons. The van der Waals surface area contributed by atoms with E-state index in [0.717, 1.165) is 5.56 Å². The summed E-state index contributed by atoms with van der Waals surface area (Å²) in [6, 6.07) is 6.74. The second kappa shape index (κ2) is 8.19. The summed E-state index contributed by atoms with van der Waals surface area (Å²) in [5.41, 5.74) is 0.195. The minimum Gasteiger partial charge on any atom is -0.287 e. The molecule has 1 aromatic heterocycles. The lowest BCUT2D eigenvalue weighted by atomic mass is 9.95. The Morgan fingerprint density at radius 3 is 2.56 bits per heavy atom. The fourth-order valence-corrected chi connectivity index (χ4v) is 3.00. The van der Waals surface area contributed by atoms with Gasteiger partial charge in [-0.15, -0.1) is 0 Å². The van der Waals surface area contributed by atoms with Gasteiger partial charge in [-0.05, 0) is 43.5 Å². The zero-order chi connectivity index (χ0) is 20.3. The zero-order valence-corrected chi connectivity index (χ0v) is 16.3. The molecule has 0 saturated carbocycles. The maximum Gasteiger partial charge on any atom is 0.329 e. The van der Waals surface area contributed by atoms with Crippen molar-refractivity contribution in [2.24, 2.45) is 0 Å². The Hall–Kier alpha value is -2.91. The predicted molar refractivity (Wildman–Crippen MR) is 104 cm³/mol. The third kappa shape index (κ3) is 4.26. The summed E-state index contributed by atoms with van der Waals surface area (Å²) in [7, 11) is 0. The molecule has 0 saturated heterocycles. The number of rotatable bonds is 5. The highest BCUT2D eigenvalue weighted by molar-refractivity contribution is 6.29. The Bertz CT molecular complexity index is 1090. The van der Waals surface area contributed by atoms with Gasteiger partial charge in [0.1, 0.15) is 5.69 Å². The number of nitriles is 1. The maximum absolute atomic E-state index is 13.3. The molecular formula is C20H20ClN3O3. The number of carbonyl (C=O) groups excluding carboxylic acids is 1. The van der Waals surface area contributed by atoms with E-state index in [1.54, 1.807) is 45.9 Å². The average molecular weight is 386 g/mol. The molecule has 1 heterocycles. The van der Waals surface area contributed by atoms with E-state index in [1.165, 1.54) is 10.6 Å². The standard InChI is InChI=1S/C20H20ClN3O3/c1-5-15(21)10-24-17(16(11(2)3)19(26)23-20(24)27)18(25)14-7-12(4)6-13(8-14)9-22/h5-8,11H,10H2,1-4H3,(H,23,26,27). The molecule has 0 radical (unpaired) electrons. The summed E-state index contributed by atoms with van der Waals surface area (Å²) in [5, 5.41) is 9.54. The van der Waals surface area contributed by atoms with Crippen LogP contribution in [0.2, 0.25) is 0 Å². The Morgan fingerprint density at radius 1 is 1.33 bits per heavy atom. The third-order valence-corrected chi connectivity index (χ3v) is 4.46. The molecule has 0 amide bonds. The summed E-state index contributed by atoms with van der Waals surface area (Å²) < 4.78 is 1.18. The molecule has 1 N–H and O–H groups in total. The van der Waals surface area contributed by atoms with Crippen molar-refractivity contribution in [3.63, 3.8) is 0 Å². The first-order valence-corrected chi connectivity index (χ1v) is 8.81. The summed E-state index contributed by atoms with van der Waals surface area (Å²) >= 11 is 6.09. The molecule has 0 fully saturated rings. The lowest BCUT2D eigenvalue weighted by Crippen LogP contribution is -2.38. The van der Waals surface area contributed by atoms with Crippen LogP contribution in [0.25, 0.3) is 0 Å². The van der Waals surface area contributed by atoms with E-state index in [2.05, 4.69) is 4.98 Å². The molecule has 2 aromatic rings. The highest BCUT2D eigenvalue weighted by Crippen LogP contribution is 2.21. The second-order valence-corrected chi connectivity index (χ2v) is 7.01. The van der Waals surface area contributed by atoms with E-state index < -0.39 is 17.0 Å². The number of halogens is 1. The second-order valence-electron chi connectivity index (χ2n) is 6.53. The van der Waals surface area contributed by atoms with Crippen LogP contribution in [0.15, 0.2) is 38.9 Å². The number of ketones is 1. The summed E-state index contributed by atoms with van der Waals surface area (Å²) in [6.45, 7) is 6.98. The number of H-pyrrole nitrogens is 1. The van der Waals surface area contributed by atoms with E-state index in [1.807, 2.05) is 6.07 Å². The molecular weight excluding hydrogens is 366 g/mol. The quantitative estimate of drug-likeness (QED) is 0.799. The number of nitrogens with zero attached hydrogens (tertiary/aromatic N) is 2. The van der Waals surface area contributed by atoms with Crippen LogP contribution in [-0.4, -0.2) is 15.3 Å². The van der Waals surface area contributed by atoms with Gasteiger partial charge in [0.2, 0.25) is 5.78 Å². The van der Waals surface area contributed by atoms with Crippen LogP contribution in [0, 0.1) is 18.3 Å². The van der Waals surface area contributed by atoms with Crippen LogP contribution < -0.4 is 11.2 Å². The van der Waals surface area contributed by atoms with Crippen LogP contribution in [-0.2, 0) is 6.54 Å². The summed E-state index contributed by atoms with van der Waals surface area (Å²) in [5.74, 6) is -0.799. The molecule has 0 spiro atoms. The fourth-order valence-electron chi connectivity index (χ4n) is 2.88. The maximum atomic E-state index is 13.3. The highest BCUT2D eigenvalue weighted by atomic mass is 35.5. The molecule has 0 aliphatic heterocycles. The number of nitrogens with one attached hydrogen (secondary N) is 1. The van der Waals surface area contributed by atoms with Gasteiger partial charge in [-0.1, -0.05) is 31.5 Å². The van der Waals surface area contributed by atoms with Crippen LogP contribution in [0.5, 0.6) is 0 Å². The zero-order valence-electron chi connectivity index (χ0n) is 15.6. The van der Waals surface area contributed by atoms with Gasteiger partial charge < -0.3 is 0 Å². The number of aromatic amines is 1. The molecule has 0 atom stereocenters. The largest absolute Gasteiger partial charge is 0.329 e. The Labute approximate surface area is 161 Å². The van der Waals surface area contributed by atoms with Crippen molar-refractivity contribution in [1.29, 1.82) is 5.26 Å². The SMILES string of the molecule is CC=C(Cl)Cn1c(C(=O)c2cc(C)cc(C#N)c2)c(C(C)C)c(=O)[nH]c1=O. The molecule has 0 unspecified atom stereocenters. The van der Waals surface area contributed by atoms with E-state index in [0.29, 0.717) is 10.6 Å². The normalized spacial score (nSPS) is 11.5. The first kappa shape index (κ1) is 20.4. The topological polar surface area (TPSA) is 95.7 Å². The summed E-state index contributed by atoms with van der Waals surface area (Å²) in [4.78, 5) is 40.4. The molecule has 0 bridgehead atoms. The number of allylic oxidation sites excluding steroid dienone is 2. The van der Waals surface area contributed by atoms with Crippen LogP contribution in [0.4, 0.5) is 0 Å². The number of hydrogen-bond donors (Lipinski definition) is 1. The van der Waals surface area contributed by atoms with Gasteiger partial charge in [0.15, 0.2) is 0 Å². The average Bonchev–Trinajstić information content (AvgIpc) is 2.61. The highest BCUT2D eigenvalue weighted by Gasteiger charge is 2.25. The predicted octanol–water partition coefficient (Wildman–Crippen LogP) is 3.21. The van der Waals surface area contributed by atoms with Gasteiger partial charge in [0.25, 0.3) is 5.56 Å². The Balaban J connectivity index is 2.86. The fraction of sp³-hybridized carbons (Fsp3) is 0.300. The number of benzene rings is 1. The van der Waals surface area contributed by atoms with Gasteiger partial charge in [-0.2, -0.15) is 5.26 Å². The van der Waals surface area contributed by atoms with Crippen LogP contribution in [0.1, 0.15) is 59.4 Å². The van der Waals surface area contributed by atoms with E-state index in [4.69, 9.17) is 11.6 Å². The number of hydrogen-bond acceptors (Lipinski definition) is 4.